The predicted molar refractivity (Wildman–Crippen MR) is 98.3 cm³/mol. The van der Waals surface area contributed by atoms with Crippen LogP contribution in [0.15, 0.2) is 54.9 Å². The van der Waals surface area contributed by atoms with Crippen molar-refractivity contribution in [3.63, 3.8) is 0 Å². The second kappa shape index (κ2) is 8.22. The maximum Gasteiger partial charge on any atom is 0.373 e. The number of nitrogens with zero attached hydrogens (tertiary/aromatic N) is 3. The lowest BCUT2D eigenvalue weighted by molar-refractivity contribution is -0.385. The van der Waals surface area contributed by atoms with Crippen LogP contribution in [-0.4, -0.2) is 14.9 Å². The first kappa shape index (κ1) is 18.2. The van der Waals surface area contributed by atoms with Gasteiger partial charge in [0.25, 0.3) is 0 Å². The molecule has 3 aromatic rings. The van der Waals surface area contributed by atoms with Gasteiger partial charge in [0.15, 0.2) is 0 Å². The Morgan fingerprint density at radius 1 is 1.07 bits per heavy atom. The van der Waals surface area contributed by atoms with Gasteiger partial charge >= 0.3 is 11.6 Å². The molecule has 0 fully saturated rings. The zero-order valence-electron chi connectivity index (χ0n) is 14.6. The van der Waals surface area contributed by atoms with Crippen molar-refractivity contribution in [3.8, 4) is 11.6 Å². The Balaban J connectivity index is 1.83. The minimum atomic E-state index is -0.595. The zero-order chi connectivity index (χ0) is 19.2. The smallest absolute Gasteiger partial charge is 0.373 e. The normalized spacial score (nSPS) is 10.4. The Labute approximate surface area is 155 Å². The van der Waals surface area contributed by atoms with Crippen molar-refractivity contribution in [2.24, 2.45) is 0 Å². The Kier molecular flexibility index (Phi) is 5.55. The average Bonchev–Trinajstić information content (AvgIpc) is 2.68. The third-order valence-corrected chi connectivity index (χ3v) is 3.89. The van der Waals surface area contributed by atoms with Gasteiger partial charge in [-0.25, -0.2) is 9.37 Å². The van der Waals surface area contributed by atoms with Gasteiger partial charge in [-0.3, -0.25) is 10.1 Å². The largest absolute Gasteiger partial charge is 0.434 e. The molecule has 0 atom stereocenters. The van der Waals surface area contributed by atoms with Crippen molar-refractivity contribution < 1.29 is 14.1 Å². The third-order valence-electron chi connectivity index (χ3n) is 3.89. The SMILES string of the molecule is CCc1ccc(Oc2ncnc(NCc3ccc(F)cc3)c2[N+](=O)[O-])cc1. The Bertz CT molecular complexity index is 931. The van der Waals surface area contributed by atoms with Gasteiger partial charge in [-0.2, -0.15) is 4.98 Å². The number of benzene rings is 2. The molecule has 3 rings (SSSR count). The van der Waals surface area contributed by atoms with Crippen LogP contribution in [0.25, 0.3) is 0 Å². The summed E-state index contributed by atoms with van der Waals surface area (Å²) in [4.78, 5) is 18.8. The summed E-state index contributed by atoms with van der Waals surface area (Å²) in [6, 6.07) is 13.0. The average molecular weight is 368 g/mol. The molecule has 138 valence electrons. The monoisotopic (exact) mass is 368 g/mol. The van der Waals surface area contributed by atoms with E-state index in [-0.39, 0.29) is 29.7 Å². The van der Waals surface area contributed by atoms with Gasteiger partial charge in [-0.15, -0.1) is 0 Å². The maximum atomic E-state index is 13.0. The van der Waals surface area contributed by atoms with Crippen LogP contribution >= 0.6 is 0 Å². The van der Waals surface area contributed by atoms with E-state index in [4.69, 9.17) is 4.74 Å². The number of hydrogen-bond acceptors (Lipinski definition) is 6. The molecular formula is C19H17FN4O3. The highest BCUT2D eigenvalue weighted by Gasteiger charge is 2.25. The van der Waals surface area contributed by atoms with E-state index >= 15 is 0 Å². The lowest BCUT2D eigenvalue weighted by atomic mass is 10.2. The van der Waals surface area contributed by atoms with Crippen molar-refractivity contribution in [2.45, 2.75) is 19.9 Å². The highest BCUT2D eigenvalue weighted by Crippen LogP contribution is 2.34. The van der Waals surface area contributed by atoms with Crippen LogP contribution in [0.5, 0.6) is 11.6 Å². The highest BCUT2D eigenvalue weighted by molar-refractivity contribution is 5.61. The Morgan fingerprint density at radius 3 is 2.37 bits per heavy atom. The number of rotatable bonds is 7. The number of hydrogen-bond donors (Lipinski definition) is 1. The second-order valence-corrected chi connectivity index (χ2v) is 5.71. The van der Waals surface area contributed by atoms with E-state index in [9.17, 15) is 14.5 Å². The molecule has 0 radical (unpaired) electrons. The molecule has 8 heteroatoms. The van der Waals surface area contributed by atoms with E-state index in [1.165, 1.54) is 18.5 Å². The molecule has 0 aliphatic heterocycles. The summed E-state index contributed by atoms with van der Waals surface area (Å²) >= 11 is 0. The minimum Gasteiger partial charge on any atom is -0.434 e. The predicted octanol–water partition coefficient (Wildman–Crippen LogP) is 4.49. The molecule has 0 amide bonds. The molecule has 0 saturated carbocycles. The molecule has 7 nitrogen and oxygen atoms in total. The lowest BCUT2D eigenvalue weighted by Crippen LogP contribution is -2.07. The summed E-state index contributed by atoms with van der Waals surface area (Å²) in [5.41, 5.74) is 1.52. The second-order valence-electron chi connectivity index (χ2n) is 5.71. The van der Waals surface area contributed by atoms with Crippen molar-refractivity contribution in [3.05, 3.63) is 81.9 Å². The Morgan fingerprint density at radius 2 is 1.74 bits per heavy atom. The maximum absolute atomic E-state index is 13.0. The van der Waals surface area contributed by atoms with Crippen LogP contribution in [0.4, 0.5) is 15.9 Å². The summed E-state index contributed by atoms with van der Waals surface area (Å²) in [5, 5.41) is 14.4. The number of halogens is 1. The number of nitrogens with one attached hydrogen (secondary N) is 1. The molecule has 0 aliphatic carbocycles. The van der Waals surface area contributed by atoms with Gasteiger partial charge in [-0.1, -0.05) is 31.2 Å². The molecule has 2 aromatic carbocycles. The van der Waals surface area contributed by atoms with Crippen LogP contribution < -0.4 is 10.1 Å². The van der Waals surface area contributed by atoms with E-state index < -0.39 is 4.92 Å². The number of aromatic nitrogens is 2. The van der Waals surface area contributed by atoms with Crippen molar-refractivity contribution in [1.82, 2.24) is 9.97 Å². The summed E-state index contributed by atoms with van der Waals surface area (Å²) in [5.74, 6) is -0.0320. The molecule has 0 unspecified atom stereocenters. The van der Waals surface area contributed by atoms with Crippen LogP contribution in [0, 0.1) is 15.9 Å². The van der Waals surface area contributed by atoms with Gasteiger partial charge in [0.2, 0.25) is 5.82 Å². The quantitative estimate of drug-likeness (QED) is 0.488. The van der Waals surface area contributed by atoms with Crippen LogP contribution in [-0.2, 0) is 13.0 Å². The van der Waals surface area contributed by atoms with E-state index in [1.54, 1.807) is 24.3 Å². The molecule has 27 heavy (non-hydrogen) atoms. The third kappa shape index (κ3) is 4.55. The van der Waals surface area contributed by atoms with Gasteiger partial charge in [-0.05, 0) is 41.8 Å². The fourth-order valence-corrected chi connectivity index (χ4v) is 2.42. The first-order chi connectivity index (χ1) is 13.1. The van der Waals surface area contributed by atoms with Crippen molar-refractivity contribution >= 4 is 11.5 Å². The van der Waals surface area contributed by atoms with Gasteiger partial charge in [0.1, 0.15) is 17.9 Å². The summed E-state index contributed by atoms with van der Waals surface area (Å²) in [7, 11) is 0. The zero-order valence-corrected chi connectivity index (χ0v) is 14.6. The minimum absolute atomic E-state index is 0.0273. The summed E-state index contributed by atoms with van der Waals surface area (Å²) in [6.07, 6.45) is 2.07. The topological polar surface area (TPSA) is 90.2 Å². The molecule has 1 heterocycles. The Hall–Kier alpha value is -3.55. The fraction of sp³-hybridized carbons (Fsp3) is 0.158. The van der Waals surface area contributed by atoms with E-state index in [1.807, 2.05) is 19.1 Å². The number of aryl methyl sites for hydroxylation is 1. The van der Waals surface area contributed by atoms with E-state index in [0.29, 0.717) is 5.75 Å². The van der Waals surface area contributed by atoms with Crippen LogP contribution in [0.2, 0.25) is 0 Å². The number of nitro groups is 1. The number of anilines is 1. The standard InChI is InChI=1S/C19H17FN4O3/c1-2-13-5-9-16(10-6-13)27-19-17(24(25)26)18(22-12-23-19)21-11-14-3-7-15(20)8-4-14/h3-10,12H,2,11H2,1H3,(H,21,22,23). The highest BCUT2D eigenvalue weighted by atomic mass is 19.1. The molecule has 0 bridgehead atoms. The molecule has 0 aliphatic rings. The molecular weight excluding hydrogens is 351 g/mol. The molecule has 1 aromatic heterocycles. The van der Waals surface area contributed by atoms with Gasteiger partial charge in [0.05, 0.1) is 4.92 Å². The van der Waals surface area contributed by atoms with Crippen LogP contribution in [0.1, 0.15) is 18.1 Å². The summed E-state index contributed by atoms with van der Waals surface area (Å²) in [6.45, 7) is 2.27. The van der Waals surface area contributed by atoms with Crippen molar-refractivity contribution in [2.75, 3.05) is 5.32 Å². The first-order valence-electron chi connectivity index (χ1n) is 8.31. The fourth-order valence-electron chi connectivity index (χ4n) is 2.42. The number of ether oxygens (including phenoxy) is 1. The van der Waals surface area contributed by atoms with Gasteiger partial charge < -0.3 is 10.1 Å². The molecule has 0 spiro atoms. The van der Waals surface area contributed by atoms with Gasteiger partial charge in [0, 0.05) is 6.54 Å². The van der Waals surface area contributed by atoms with Crippen molar-refractivity contribution in [1.29, 1.82) is 0 Å². The molecule has 0 saturated heterocycles. The van der Waals surface area contributed by atoms with E-state index in [2.05, 4.69) is 15.3 Å². The van der Waals surface area contributed by atoms with Crippen LogP contribution in [0.3, 0.4) is 0 Å². The lowest BCUT2D eigenvalue weighted by Gasteiger charge is -2.10. The van der Waals surface area contributed by atoms with E-state index in [0.717, 1.165) is 17.5 Å². The summed E-state index contributed by atoms with van der Waals surface area (Å²) < 4.78 is 18.6. The first-order valence-corrected chi connectivity index (χ1v) is 8.31. The molecule has 1 N–H and O–H groups in total.